The molecule has 0 spiro atoms. The second-order valence-electron chi connectivity index (χ2n) is 8.90. The number of rotatable bonds is 7. The highest BCUT2D eigenvalue weighted by Gasteiger charge is 2.40. The molecule has 0 saturated heterocycles. The van der Waals surface area contributed by atoms with Crippen LogP contribution < -0.4 is 4.74 Å². The average molecular weight is 392 g/mol. The molecule has 2 aliphatic carbocycles. The Bertz CT molecular complexity index is 800. The third-order valence-electron chi connectivity index (χ3n) is 6.99. The molecule has 154 valence electrons. The number of ketones is 1. The molecule has 2 saturated carbocycles. The van der Waals surface area contributed by atoms with Crippen molar-refractivity contribution in [1.82, 2.24) is 4.90 Å². The molecule has 0 amide bonds. The van der Waals surface area contributed by atoms with Gasteiger partial charge in [0.1, 0.15) is 18.1 Å². The van der Waals surface area contributed by atoms with Crippen LogP contribution in [0.25, 0.3) is 0 Å². The van der Waals surface area contributed by atoms with Gasteiger partial charge in [0.2, 0.25) is 0 Å². The molecule has 2 aromatic rings. The van der Waals surface area contributed by atoms with Gasteiger partial charge in [-0.25, -0.2) is 0 Å². The summed E-state index contributed by atoms with van der Waals surface area (Å²) < 4.78 is 6.12. The van der Waals surface area contributed by atoms with Crippen molar-refractivity contribution in [2.24, 2.45) is 5.92 Å². The molecule has 3 heteroatoms. The zero-order valence-corrected chi connectivity index (χ0v) is 17.6. The van der Waals surface area contributed by atoms with Crippen molar-refractivity contribution in [3.63, 3.8) is 0 Å². The second-order valence-corrected chi connectivity index (χ2v) is 8.90. The highest BCUT2D eigenvalue weighted by molar-refractivity contribution is 5.79. The molecule has 0 atom stereocenters. The Morgan fingerprint density at radius 2 is 1.72 bits per heavy atom. The highest BCUT2D eigenvalue weighted by atomic mass is 16.5. The number of benzene rings is 2. The number of Topliss-reactive ketones (excluding diaryl/α,β-unsaturated/α-hetero) is 1. The number of nitrogens with zero attached hydrogens (tertiary/aromatic N) is 1. The van der Waals surface area contributed by atoms with Crippen molar-refractivity contribution in [3.05, 3.63) is 65.7 Å². The summed E-state index contributed by atoms with van der Waals surface area (Å²) in [6.45, 7) is 1.71. The SMILES string of the molecule is CN(CC1CCCC1)C1(c2cccc(OCc3ccccc3)c2)CCC(=O)CC1. The lowest BCUT2D eigenvalue weighted by molar-refractivity contribution is -0.123. The third-order valence-corrected chi connectivity index (χ3v) is 6.99. The Hall–Kier alpha value is -2.13. The van der Waals surface area contributed by atoms with Crippen LogP contribution in [0.4, 0.5) is 0 Å². The van der Waals surface area contributed by atoms with Crippen LogP contribution in [-0.4, -0.2) is 24.3 Å². The first-order chi connectivity index (χ1) is 14.2. The number of carbonyl (C=O) groups is 1. The molecule has 0 radical (unpaired) electrons. The molecular weight excluding hydrogens is 358 g/mol. The van der Waals surface area contributed by atoms with E-state index in [1.807, 2.05) is 24.3 Å². The van der Waals surface area contributed by atoms with Gasteiger partial charge in [-0.2, -0.15) is 0 Å². The molecule has 0 bridgehead atoms. The summed E-state index contributed by atoms with van der Waals surface area (Å²) in [7, 11) is 2.27. The maximum absolute atomic E-state index is 12.0. The van der Waals surface area contributed by atoms with Gasteiger partial charge in [0, 0.05) is 24.9 Å². The van der Waals surface area contributed by atoms with E-state index in [2.05, 4.69) is 42.3 Å². The van der Waals surface area contributed by atoms with Crippen LogP contribution in [0.2, 0.25) is 0 Å². The van der Waals surface area contributed by atoms with E-state index in [1.54, 1.807) is 0 Å². The van der Waals surface area contributed by atoms with Crippen molar-refractivity contribution < 1.29 is 9.53 Å². The molecule has 2 fully saturated rings. The van der Waals surface area contributed by atoms with Gasteiger partial charge < -0.3 is 4.74 Å². The minimum absolute atomic E-state index is 0.0530. The number of hydrogen-bond donors (Lipinski definition) is 0. The first kappa shape index (κ1) is 20.2. The van der Waals surface area contributed by atoms with Crippen LogP contribution in [-0.2, 0) is 16.9 Å². The van der Waals surface area contributed by atoms with E-state index in [0.29, 0.717) is 25.2 Å². The van der Waals surface area contributed by atoms with Gasteiger partial charge in [-0.3, -0.25) is 9.69 Å². The number of hydrogen-bond acceptors (Lipinski definition) is 3. The molecule has 0 unspecified atom stereocenters. The van der Waals surface area contributed by atoms with Crippen molar-refractivity contribution in [2.45, 2.75) is 63.5 Å². The smallest absolute Gasteiger partial charge is 0.133 e. The molecule has 0 aliphatic heterocycles. The van der Waals surface area contributed by atoms with E-state index in [0.717, 1.165) is 31.1 Å². The highest BCUT2D eigenvalue weighted by Crippen LogP contribution is 2.43. The molecule has 2 aliphatic rings. The van der Waals surface area contributed by atoms with E-state index in [4.69, 9.17) is 4.74 Å². The van der Waals surface area contributed by atoms with Gasteiger partial charge in [0.05, 0.1) is 0 Å². The van der Waals surface area contributed by atoms with Crippen molar-refractivity contribution in [3.8, 4) is 5.75 Å². The Labute approximate surface area is 175 Å². The normalized spacial score (nSPS) is 19.6. The number of ether oxygens (including phenoxy) is 1. The summed E-state index contributed by atoms with van der Waals surface area (Å²) >= 11 is 0. The summed E-state index contributed by atoms with van der Waals surface area (Å²) in [6.07, 6.45) is 8.63. The van der Waals surface area contributed by atoms with Gasteiger partial charge in [0.25, 0.3) is 0 Å². The predicted molar refractivity (Wildman–Crippen MR) is 117 cm³/mol. The summed E-state index contributed by atoms with van der Waals surface area (Å²) in [4.78, 5) is 14.6. The van der Waals surface area contributed by atoms with Gasteiger partial charge in [-0.05, 0) is 61.9 Å². The van der Waals surface area contributed by atoms with Gasteiger partial charge in [-0.1, -0.05) is 55.3 Å². The zero-order chi connectivity index (χ0) is 20.1. The van der Waals surface area contributed by atoms with Crippen molar-refractivity contribution >= 4 is 5.78 Å². The fourth-order valence-corrected chi connectivity index (χ4v) is 5.20. The maximum atomic E-state index is 12.0. The quantitative estimate of drug-likeness (QED) is 0.604. The Kier molecular flexibility index (Phi) is 6.34. The van der Waals surface area contributed by atoms with Crippen LogP contribution in [0.3, 0.4) is 0 Å². The van der Waals surface area contributed by atoms with Crippen LogP contribution >= 0.6 is 0 Å². The van der Waals surface area contributed by atoms with Crippen LogP contribution in [0.5, 0.6) is 5.75 Å². The molecule has 3 nitrogen and oxygen atoms in total. The van der Waals surface area contributed by atoms with E-state index in [1.165, 1.54) is 36.8 Å². The van der Waals surface area contributed by atoms with Crippen LogP contribution in [0.1, 0.15) is 62.5 Å². The molecule has 0 aromatic heterocycles. The van der Waals surface area contributed by atoms with Crippen molar-refractivity contribution in [1.29, 1.82) is 0 Å². The molecule has 2 aromatic carbocycles. The third kappa shape index (κ3) is 4.72. The summed E-state index contributed by atoms with van der Waals surface area (Å²) in [6, 6.07) is 18.9. The fourth-order valence-electron chi connectivity index (χ4n) is 5.20. The summed E-state index contributed by atoms with van der Waals surface area (Å²) in [5, 5.41) is 0. The minimum atomic E-state index is -0.0530. The van der Waals surface area contributed by atoms with E-state index in [-0.39, 0.29) is 5.54 Å². The molecule has 0 N–H and O–H groups in total. The van der Waals surface area contributed by atoms with E-state index >= 15 is 0 Å². The molecular formula is C26H33NO2. The monoisotopic (exact) mass is 391 g/mol. The van der Waals surface area contributed by atoms with Crippen LogP contribution in [0, 0.1) is 5.92 Å². The lowest BCUT2D eigenvalue weighted by Gasteiger charge is -2.46. The first-order valence-corrected chi connectivity index (χ1v) is 11.2. The molecule has 4 rings (SSSR count). The lowest BCUT2D eigenvalue weighted by atomic mass is 9.74. The summed E-state index contributed by atoms with van der Waals surface area (Å²) in [5.74, 6) is 2.12. The largest absolute Gasteiger partial charge is 0.489 e. The molecule has 0 heterocycles. The average Bonchev–Trinajstić information content (AvgIpc) is 3.27. The number of carbonyl (C=O) groups excluding carboxylic acids is 1. The van der Waals surface area contributed by atoms with Gasteiger partial charge in [-0.15, -0.1) is 0 Å². The Morgan fingerprint density at radius 3 is 2.45 bits per heavy atom. The Balaban J connectivity index is 1.54. The van der Waals surface area contributed by atoms with Crippen LogP contribution in [0.15, 0.2) is 54.6 Å². The minimum Gasteiger partial charge on any atom is -0.489 e. The molecule has 29 heavy (non-hydrogen) atoms. The first-order valence-electron chi connectivity index (χ1n) is 11.2. The standard InChI is InChI=1S/C26H33NO2/c1-27(19-21-8-5-6-9-21)26(16-14-24(28)15-17-26)23-12-7-13-25(18-23)29-20-22-10-3-2-4-11-22/h2-4,7,10-13,18,21H,5-6,8-9,14-17,19-20H2,1H3. The fraction of sp³-hybridized carbons (Fsp3) is 0.500. The topological polar surface area (TPSA) is 29.5 Å². The summed E-state index contributed by atoms with van der Waals surface area (Å²) in [5.41, 5.74) is 2.42. The lowest BCUT2D eigenvalue weighted by Crippen LogP contribution is -2.48. The van der Waals surface area contributed by atoms with Crippen molar-refractivity contribution in [2.75, 3.05) is 13.6 Å². The van der Waals surface area contributed by atoms with E-state index < -0.39 is 0 Å². The maximum Gasteiger partial charge on any atom is 0.133 e. The van der Waals surface area contributed by atoms with Gasteiger partial charge >= 0.3 is 0 Å². The van der Waals surface area contributed by atoms with E-state index in [9.17, 15) is 4.79 Å². The Morgan fingerprint density at radius 1 is 1.00 bits per heavy atom. The predicted octanol–water partition coefficient (Wildman–Crippen LogP) is 5.73. The van der Waals surface area contributed by atoms with Gasteiger partial charge in [0.15, 0.2) is 0 Å². The second kappa shape index (κ2) is 9.13. The zero-order valence-electron chi connectivity index (χ0n) is 17.6.